The minimum absolute atomic E-state index is 0.279. The summed E-state index contributed by atoms with van der Waals surface area (Å²) < 4.78 is 2.52. The number of hydrogen-bond acceptors (Lipinski definition) is 2. The SMILES string of the molecule is C=C/C=C(\C)C#Cc1ccc(-n2c(=O)c3ccccc3n(C)c2=O)c(Cl)c1. The standard InChI is InChI=1S/C22H17ClN2O2/c1-4-7-15(2)10-11-16-12-13-20(18(23)14-16)25-21(26)17-8-5-6-9-19(17)24(3)22(25)27/h4-9,12-14H,1H2,2-3H3/b15-7+. The molecule has 3 rings (SSSR count). The highest BCUT2D eigenvalue weighted by molar-refractivity contribution is 6.32. The molecule has 1 aromatic heterocycles. The van der Waals surface area contributed by atoms with Crippen LogP contribution in [-0.2, 0) is 7.05 Å². The largest absolute Gasteiger partial charge is 0.335 e. The molecule has 4 nitrogen and oxygen atoms in total. The fraction of sp³-hybridized carbons (Fsp3) is 0.0909. The van der Waals surface area contributed by atoms with Crippen molar-refractivity contribution in [1.29, 1.82) is 0 Å². The maximum atomic E-state index is 12.9. The molecule has 0 N–H and O–H groups in total. The van der Waals surface area contributed by atoms with Gasteiger partial charge in [-0.15, -0.1) is 0 Å². The molecular formula is C22H17ClN2O2. The van der Waals surface area contributed by atoms with Crippen LogP contribution >= 0.6 is 11.6 Å². The second kappa shape index (κ2) is 7.53. The Morgan fingerprint density at radius 3 is 2.63 bits per heavy atom. The zero-order chi connectivity index (χ0) is 19.6. The lowest BCUT2D eigenvalue weighted by Gasteiger charge is -2.12. The number of aryl methyl sites for hydroxylation is 1. The van der Waals surface area contributed by atoms with Crippen LogP contribution in [0.5, 0.6) is 0 Å². The summed E-state index contributed by atoms with van der Waals surface area (Å²) in [6, 6.07) is 12.0. The highest BCUT2D eigenvalue weighted by Gasteiger charge is 2.14. The highest BCUT2D eigenvalue weighted by Crippen LogP contribution is 2.20. The van der Waals surface area contributed by atoms with E-state index in [4.69, 9.17) is 11.6 Å². The van der Waals surface area contributed by atoms with Gasteiger partial charge in [0.1, 0.15) is 0 Å². The number of nitrogens with zero attached hydrogens (tertiary/aromatic N) is 2. The van der Waals surface area contributed by atoms with Crippen LogP contribution in [0, 0.1) is 11.8 Å². The van der Waals surface area contributed by atoms with E-state index in [2.05, 4.69) is 18.4 Å². The molecule has 1 heterocycles. The Morgan fingerprint density at radius 2 is 1.93 bits per heavy atom. The molecule has 0 atom stereocenters. The first-order valence-corrected chi connectivity index (χ1v) is 8.64. The van der Waals surface area contributed by atoms with Gasteiger partial charge in [-0.25, -0.2) is 9.36 Å². The molecule has 0 aliphatic carbocycles. The van der Waals surface area contributed by atoms with Gasteiger partial charge in [-0.3, -0.25) is 9.36 Å². The summed E-state index contributed by atoms with van der Waals surface area (Å²) >= 11 is 6.38. The molecule has 0 aliphatic heterocycles. The molecule has 0 spiro atoms. The van der Waals surface area contributed by atoms with Crippen molar-refractivity contribution in [2.75, 3.05) is 0 Å². The van der Waals surface area contributed by atoms with Gasteiger partial charge < -0.3 is 0 Å². The lowest BCUT2D eigenvalue weighted by atomic mass is 10.1. The third-order valence-corrected chi connectivity index (χ3v) is 4.44. The van der Waals surface area contributed by atoms with Crippen LogP contribution in [0.4, 0.5) is 0 Å². The summed E-state index contributed by atoms with van der Waals surface area (Å²) in [7, 11) is 1.63. The summed E-state index contributed by atoms with van der Waals surface area (Å²) in [5.41, 5.74) is 1.60. The van der Waals surface area contributed by atoms with Crippen molar-refractivity contribution in [3.63, 3.8) is 0 Å². The number of fused-ring (bicyclic) bond motifs is 1. The predicted molar refractivity (Wildman–Crippen MR) is 111 cm³/mol. The maximum Gasteiger partial charge on any atom is 0.335 e. The number of benzene rings is 2. The van der Waals surface area contributed by atoms with Gasteiger partial charge in [0.05, 0.1) is 21.6 Å². The van der Waals surface area contributed by atoms with E-state index < -0.39 is 11.2 Å². The van der Waals surface area contributed by atoms with Gasteiger partial charge in [-0.1, -0.05) is 54.3 Å². The third-order valence-electron chi connectivity index (χ3n) is 4.14. The van der Waals surface area contributed by atoms with E-state index >= 15 is 0 Å². The number of allylic oxidation sites excluding steroid dienone is 3. The van der Waals surface area contributed by atoms with Gasteiger partial charge in [0.15, 0.2) is 0 Å². The lowest BCUT2D eigenvalue weighted by Crippen LogP contribution is -2.38. The van der Waals surface area contributed by atoms with Crippen LogP contribution in [-0.4, -0.2) is 9.13 Å². The van der Waals surface area contributed by atoms with Crippen molar-refractivity contribution in [3.8, 4) is 17.5 Å². The number of halogens is 1. The van der Waals surface area contributed by atoms with E-state index in [0.717, 1.165) is 10.1 Å². The van der Waals surface area contributed by atoms with E-state index in [1.165, 1.54) is 4.57 Å². The van der Waals surface area contributed by atoms with Crippen LogP contribution in [0.2, 0.25) is 5.02 Å². The van der Waals surface area contributed by atoms with Crippen LogP contribution in [0.1, 0.15) is 12.5 Å². The van der Waals surface area contributed by atoms with Crippen molar-refractivity contribution in [2.45, 2.75) is 6.92 Å². The normalized spacial score (nSPS) is 11.1. The first-order chi connectivity index (χ1) is 12.9. The van der Waals surface area contributed by atoms with Crippen molar-refractivity contribution in [3.05, 3.63) is 98.2 Å². The summed E-state index contributed by atoms with van der Waals surface area (Å²) in [5, 5.41) is 0.728. The maximum absolute atomic E-state index is 12.9. The first-order valence-electron chi connectivity index (χ1n) is 8.26. The summed E-state index contributed by atoms with van der Waals surface area (Å²) in [6.07, 6.45) is 3.48. The monoisotopic (exact) mass is 376 g/mol. The van der Waals surface area contributed by atoms with Gasteiger partial charge in [0.25, 0.3) is 5.56 Å². The molecule has 0 bridgehead atoms. The van der Waals surface area contributed by atoms with Crippen LogP contribution < -0.4 is 11.2 Å². The smallest absolute Gasteiger partial charge is 0.296 e. The molecule has 0 radical (unpaired) electrons. The third kappa shape index (κ3) is 3.51. The van der Waals surface area contributed by atoms with E-state index in [9.17, 15) is 9.59 Å². The van der Waals surface area contributed by atoms with E-state index in [1.54, 1.807) is 61.7 Å². The summed E-state index contributed by atoms with van der Waals surface area (Å²) in [5.74, 6) is 5.99. The van der Waals surface area contributed by atoms with Crippen LogP contribution in [0.3, 0.4) is 0 Å². The zero-order valence-electron chi connectivity index (χ0n) is 15.0. The van der Waals surface area contributed by atoms with E-state index in [-0.39, 0.29) is 5.02 Å². The highest BCUT2D eigenvalue weighted by atomic mass is 35.5. The summed E-state index contributed by atoms with van der Waals surface area (Å²) in [4.78, 5) is 25.6. The quantitative estimate of drug-likeness (QED) is 0.504. The molecule has 3 aromatic rings. The Labute approximate surface area is 161 Å². The second-order valence-electron chi connectivity index (χ2n) is 6.00. The molecule has 0 unspecified atom stereocenters. The van der Waals surface area contributed by atoms with Gasteiger partial charge in [-0.2, -0.15) is 0 Å². The number of hydrogen-bond donors (Lipinski definition) is 0. The molecular weight excluding hydrogens is 360 g/mol. The number of aromatic nitrogens is 2. The zero-order valence-corrected chi connectivity index (χ0v) is 15.7. The number of rotatable bonds is 2. The summed E-state index contributed by atoms with van der Waals surface area (Å²) in [6.45, 7) is 5.51. The van der Waals surface area contributed by atoms with E-state index in [1.807, 2.05) is 6.92 Å². The van der Waals surface area contributed by atoms with Crippen LogP contribution in [0.25, 0.3) is 16.6 Å². The molecule has 0 fully saturated rings. The molecule has 0 amide bonds. The Hall–Kier alpha value is -3.29. The molecule has 0 saturated heterocycles. The molecule has 0 aliphatic rings. The lowest BCUT2D eigenvalue weighted by molar-refractivity contribution is 0.774. The number of para-hydroxylation sites is 1. The van der Waals surface area contributed by atoms with Gasteiger partial charge in [0.2, 0.25) is 0 Å². The molecule has 134 valence electrons. The Kier molecular flexibility index (Phi) is 5.16. The van der Waals surface area contributed by atoms with Gasteiger partial charge in [-0.05, 0) is 42.8 Å². The fourth-order valence-corrected chi connectivity index (χ4v) is 3.04. The first kappa shape index (κ1) is 18.5. The minimum Gasteiger partial charge on any atom is -0.296 e. The van der Waals surface area contributed by atoms with Gasteiger partial charge >= 0.3 is 5.69 Å². The van der Waals surface area contributed by atoms with Crippen molar-refractivity contribution in [1.82, 2.24) is 9.13 Å². The topological polar surface area (TPSA) is 44.0 Å². The average molecular weight is 377 g/mol. The Morgan fingerprint density at radius 1 is 1.19 bits per heavy atom. The second-order valence-corrected chi connectivity index (χ2v) is 6.41. The fourth-order valence-electron chi connectivity index (χ4n) is 2.77. The van der Waals surface area contributed by atoms with Crippen molar-refractivity contribution >= 4 is 22.5 Å². The minimum atomic E-state index is -0.454. The molecule has 0 saturated carbocycles. The predicted octanol–water partition coefficient (Wildman–Crippen LogP) is 3.83. The molecule has 5 heteroatoms. The van der Waals surface area contributed by atoms with Crippen molar-refractivity contribution in [2.24, 2.45) is 7.05 Å². The van der Waals surface area contributed by atoms with Crippen molar-refractivity contribution < 1.29 is 0 Å². The Balaban J connectivity index is 2.19. The Bertz CT molecular complexity index is 1270. The molecule has 2 aromatic carbocycles. The molecule has 27 heavy (non-hydrogen) atoms. The van der Waals surface area contributed by atoms with Gasteiger partial charge in [0, 0.05) is 12.6 Å². The van der Waals surface area contributed by atoms with Crippen LogP contribution in [0.15, 0.2) is 76.4 Å². The van der Waals surface area contributed by atoms with E-state index in [0.29, 0.717) is 22.2 Å². The average Bonchev–Trinajstić information content (AvgIpc) is 2.66.